The van der Waals surface area contributed by atoms with E-state index in [2.05, 4.69) is 20.0 Å². The number of nitrogens with zero attached hydrogens (tertiary/aromatic N) is 3. The molecule has 12 heteroatoms. The standard InChI is InChI=1S/C19H26ClN6O4P/c1-12(2)25-31(30-9-13-4-5-15(28-3)14(20)8-13)11-29-7-6-26-10-22-16-17(26)23-19(21)24-18(16)27/h4-5,8,10,12,25H,6-7,9,11H2,1-3H3,(H3,21,23,24,27). The molecule has 0 aliphatic rings. The number of aromatic amines is 1. The monoisotopic (exact) mass is 468 g/mol. The van der Waals surface area contributed by atoms with Crippen molar-refractivity contribution in [2.75, 3.05) is 25.8 Å². The van der Waals surface area contributed by atoms with Crippen LogP contribution in [0.2, 0.25) is 5.02 Å². The summed E-state index contributed by atoms with van der Waals surface area (Å²) in [5.41, 5.74) is 6.89. The van der Waals surface area contributed by atoms with Crippen molar-refractivity contribution >= 4 is 37.0 Å². The van der Waals surface area contributed by atoms with Crippen molar-refractivity contribution in [3.05, 3.63) is 45.5 Å². The Bertz CT molecular complexity index is 1070. The highest BCUT2D eigenvalue weighted by atomic mass is 35.5. The minimum Gasteiger partial charge on any atom is -0.495 e. The van der Waals surface area contributed by atoms with E-state index in [4.69, 9.17) is 31.3 Å². The molecule has 0 amide bonds. The van der Waals surface area contributed by atoms with Crippen molar-refractivity contribution in [3.63, 3.8) is 0 Å². The van der Waals surface area contributed by atoms with Crippen LogP contribution in [0.3, 0.4) is 0 Å². The average Bonchev–Trinajstić information content (AvgIpc) is 3.12. The van der Waals surface area contributed by atoms with Crippen LogP contribution in [0.25, 0.3) is 11.2 Å². The first-order valence-corrected chi connectivity index (χ1v) is 11.5. The van der Waals surface area contributed by atoms with Gasteiger partial charge in [0.05, 0.1) is 31.7 Å². The lowest BCUT2D eigenvalue weighted by molar-refractivity contribution is 0.159. The smallest absolute Gasteiger partial charge is 0.280 e. The van der Waals surface area contributed by atoms with E-state index in [0.29, 0.717) is 42.5 Å². The third kappa shape index (κ3) is 6.38. The van der Waals surface area contributed by atoms with Gasteiger partial charge in [-0.3, -0.25) is 14.9 Å². The zero-order chi connectivity index (χ0) is 22.4. The van der Waals surface area contributed by atoms with Crippen LogP contribution in [-0.2, 0) is 22.4 Å². The molecule has 168 valence electrons. The van der Waals surface area contributed by atoms with Crippen LogP contribution >= 0.6 is 19.9 Å². The fraction of sp³-hybridized carbons (Fsp3) is 0.421. The Morgan fingerprint density at radius 2 is 2.19 bits per heavy atom. The maximum absolute atomic E-state index is 11.9. The van der Waals surface area contributed by atoms with Crippen molar-refractivity contribution in [1.82, 2.24) is 24.6 Å². The third-order valence-electron chi connectivity index (χ3n) is 4.18. The van der Waals surface area contributed by atoms with Crippen molar-refractivity contribution in [3.8, 4) is 5.75 Å². The predicted molar refractivity (Wildman–Crippen MR) is 121 cm³/mol. The van der Waals surface area contributed by atoms with Crippen molar-refractivity contribution < 1.29 is 14.0 Å². The van der Waals surface area contributed by atoms with E-state index in [0.717, 1.165) is 5.56 Å². The highest BCUT2D eigenvalue weighted by molar-refractivity contribution is 7.50. The van der Waals surface area contributed by atoms with Crippen LogP contribution in [0.1, 0.15) is 19.4 Å². The molecule has 3 rings (SSSR count). The van der Waals surface area contributed by atoms with E-state index in [-0.39, 0.29) is 23.1 Å². The summed E-state index contributed by atoms with van der Waals surface area (Å²) in [6.45, 7) is 5.38. The van der Waals surface area contributed by atoms with Gasteiger partial charge < -0.3 is 24.3 Å². The molecule has 2 aromatic heterocycles. The second-order valence-electron chi connectivity index (χ2n) is 7.00. The van der Waals surface area contributed by atoms with E-state index < -0.39 is 8.30 Å². The van der Waals surface area contributed by atoms with Gasteiger partial charge in [-0.05, 0) is 31.5 Å². The minimum absolute atomic E-state index is 0.0526. The number of hydrogen-bond donors (Lipinski definition) is 3. The van der Waals surface area contributed by atoms with Crippen LogP contribution in [0.5, 0.6) is 5.75 Å². The van der Waals surface area contributed by atoms with Gasteiger partial charge >= 0.3 is 0 Å². The van der Waals surface area contributed by atoms with Gasteiger partial charge in [0.25, 0.3) is 5.56 Å². The number of anilines is 1. The number of H-pyrrole nitrogens is 1. The number of halogens is 1. The number of ether oxygens (including phenoxy) is 2. The van der Waals surface area contributed by atoms with Crippen LogP contribution in [0.15, 0.2) is 29.3 Å². The lowest BCUT2D eigenvalue weighted by atomic mass is 10.2. The van der Waals surface area contributed by atoms with Gasteiger partial charge in [-0.25, -0.2) is 4.98 Å². The fourth-order valence-corrected chi connectivity index (χ4v) is 4.48. The molecule has 1 aromatic carbocycles. The maximum atomic E-state index is 11.9. The largest absolute Gasteiger partial charge is 0.495 e. The number of nitrogen functional groups attached to an aromatic ring is 1. The van der Waals surface area contributed by atoms with Crippen molar-refractivity contribution in [2.45, 2.75) is 33.0 Å². The molecule has 2 heterocycles. The number of methoxy groups -OCH3 is 1. The number of nitrogens with two attached hydrogens (primary N) is 1. The summed E-state index contributed by atoms with van der Waals surface area (Å²) >= 11 is 6.18. The van der Waals surface area contributed by atoms with Gasteiger partial charge in [-0.15, -0.1) is 0 Å². The third-order valence-corrected chi connectivity index (χ3v) is 6.14. The first kappa shape index (κ1) is 23.4. The second kappa shape index (κ2) is 10.9. The number of hydrogen-bond acceptors (Lipinski definition) is 8. The summed E-state index contributed by atoms with van der Waals surface area (Å²) in [6.07, 6.45) is 1.95. The number of rotatable bonds is 11. The van der Waals surface area contributed by atoms with Crippen LogP contribution in [0.4, 0.5) is 5.95 Å². The normalized spacial score (nSPS) is 12.5. The lowest BCUT2D eigenvalue weighted by Crippen LogP contribution is -2.21. The van der Waals surface area contributed by atoms with Gasteiger partial charge in [0, 0.05) is 12.6 Å². The van der Waals surface area contributed by atoms with Gasteiger partial charge in [-0.2, -0.15) is 4.98 Å². The molecule has 4 N–H and O–H groups in total. The summed E-state index contributed by atoms with van der Waals surface area (Å²) < 4.78 is 18.8. The molecule has 0 aliphatic carbocycles. The molecule has 31 heavy (non-hydrogen) atoms. The van der Waals surface area contributed by atoms with Crippen LogP contribution < -0.4 is 21.1 Å². The first-order valence-electron chi connectivity index (χ1n) is 9.64. The van der Waals surface area contributed by atoms with Crippen molar-refractivity contribution in [2.24, 2.45) is 0 Å². The van der Waals surface area contributed by atoms with Gasteiger partial charge in [-0.1, -0.05) is 17.7 Å². The summed E-state index contributed by atoms with van der Waals surface area (Å²) in [5.74, 6) is 0.679. The topological polar surface area (TPSA) is 129 Å². The Morgan fingerprint density at radius 3 is 2.90 bits per heavy atom. The number of nitrogens with one attached hydrogen (secondary N) is 2. The molecule has 0 fully saturated rings. The highest BCUT2D eigenvalue weighted by Gasteiger charge is 2.13. The Kier molecular flexibility index (Phi) is 8.22. The van der Waals surface area contributed by atoms with E-state index in [9.17, 15) is 4.79 Å². The van der Waals surface area contributed by atoms with Gasteiger partial charge in [0.15, 0.2) is 11.2 Å². The first-order chi connectivity index (χ1) is 14.9. The van der Waals surface area contributed by atoms with E-state index in [1.807, 2.05) is 32.0 Å². The molecule has 0 saturated carbocycles. The zero-order valence-corrected chi connectivity index (χ0v) is 19.2. The Morgan fingerprint density at radius 1 is 1.39 bits per heavy atom. The molecule has 10 nitrogen and oxygen atoms in total. The summed E-state index contributed by atoms with van der Waals surface area (Å²) in [6, 6.07) is 5.80. The Hall–Kier alpha value is -2.23. The van der Waals surface area contributed by atoms with Crippen LogP contribution in [-0.4, -0.2) is 45.6 Å². The van der Waals surface area contributed by atoms with E-state index in [1.165, 1.54) is 0 Å². The molecule has 1 unspecified atom stereocenters. The maximum Gasteiger partial charge on any atom is 0.280 e. The highest BCUT2D eigenvalue weighted by Crippen LogP contribution is 2.35. The number of benzene rings is 1. The quantitative estimate of drug-likeness (QED) is 0.289. The lowest BCUT2D eigenvalue weighted by Gasteiger charge is -2.21. The molecule has 3 aromatic rings. The minimum atomic E-state index is -1.02. The molecule has 0 spiro atoms. The Balaban J connectivity index is 1.53. The van der Waals surface area contributed by atoms with Crippen LogP contribution in [0, 0.1) is 0 Å². The number of aromatic nitrogens is 4. The molecule has 0 saturated heterocycles. The van der Waals surface area contributed by atoms with E-state index >= 15 is 0 Å². The molecule has 0 bridgehead atoms. The molecule has 0 aliphatic heterocycles. The van der Waals surface area contributed by atoms with Gasteiger partial charge in [0.2, 0.25) is 5.95 Å². The second-order valence-corrected chi connectivity index (χ2v) is 8.94. The SMILES string of the molecule is COc1ccc(COP(COCCn2cnc3c(=O)[nH]c(N)nc32)NC(C)C)cc1Cl. The molecule has 1 atom stereocenters. The predicted octanol–water partition coefficient (Wildman–Crippen LogP) is 2.86. The number of imidazole rings is 1. The molecule has 0 radical (unpaired) electrons. The van der Waals surface area contributed by atoms with Crippen molar-refractivity contribution in [1.29, 1.82) is 0 Å². The van der Waals surface area contributed by atoms with Gasteiger partial charge in [0.1, 0.15) is 20.4 Å². The average molecular weight is 469 g/mol. The summed E-state index contributed by atoms with van der Waals surface area (Å²) in [7, 11) is 0.559. The number of fused-ring (bicyclic) bond motifs is 1. The summed E-state index contributed by atoms with van der Waals surface area (Å²) in [5, 5.41) is 3.94. The fourth-order valence-electron chi connectivity index (χ4n) is 2.80. The molecular formula is C19H26ClN6O4P. The summed E-state index contributed by atoms with van der Waals surface area (Å²) in [4.78, 5) is 22.5. The zero-order valence-electron chi connectivity index (χ0n) is 17.6. The molecular weight excluding hydrogens is 443 g/mol. The Labute approximate surface area is 186 Å². The van der Waals surface area contributed by atoms with E-state index in [1.54, 1.807) is 18.0 Å².